The van der Waals surface area contributed by atoms with Gasteiger partial charge in [0.2, 0.25) is 0 Å². The van der Waals surface area contributed by atoms with Crippen molar-refractivity contribution >= 4 is 16.9 Å². The first-order valence-corrected chi connectivity index (χ1v) is 9.56. The Kier molecular flexibility index (Phi) is 4.62. The molecule has 0 aliphatic carbocycles. The summed E-state index contributed by atoms with van der Waals surface area (Å²) in [6.45, 7) is 0.142. The monoisotopic (exact) mass is 385 g/mol. The van der Waals surface area contributed by atoms with Crippen LogP contribution < -0.4 is 5.73 Å². The van der Waals surface area contributed by atoms with Crippen LogP contribution in [0.5, 0.6) is 0 Å². The van der Waals surface area contributed by atoms with Crippen molar-refractivity contribution in [2.75, 3.05) is 12.4 Å². The number of halogens is 2. The number of benzene rings is 2. The minimum absolute atomic E-state index is 0.0285. The van der Waals surface area contributed by atoms with Gasteiger partial charge in [-0.15, -0.1) is 0 Å². The summed E-state index contributed by atoms with van der Waals surface area (Å²) in [6, 6.07) is 13.0. The van der Waals surface area contributed by atoms with E-state index in [4.69, 9.17) is 15.7 Å². The molecule has 3 atom stereocenters. The molecule has 0 spiro atoms. The standard InChI is InChI=1S/C20H17F2N3OS/c21-15-4-5-16(17(22)8-15)20-11-26-18(7-14(20)10-27-19(24)25-20)13-3-1-2-12(6-13)9-23/h1-6,8,14,18H,7,10-11H2,(H2,24,25)/t14-,18+,20-/m0/s1. The Balaban J connectivity index is 1.71. The lowest BCUT2D eigenvalue weighted by Gasteiger charge is -2.46. The molecule has 4 rings (SSSR count). The lowest BCUT2D eigenvalue weighted by atomic mass is 9.74. The maximum Gasteiger partial charge on any atom is 0.154 e. The molecule has 2 heterocycles. The maximum atomic E-state index is 14.6. The van der Waals surface area contributed by atoms with Crippen molar-refractivity contribution in [3.63, 3.8) is 0 Å². The lowest BCUT2D eigenvalue weighted by Crippen LogP contribution is -2.48. The van der Waals surface area contributed by atoms with Gasteiger partial charge in [0.25, 0.3) is 0 Å². The van der Waals surface area contributed by atoms with Crippen LogP contribution in [0.1, 0.15) is 29.2 Å². The molecule has 2 aromatic carbocycles. The van der Waals surface area contributed by atoms with Gasteiger partial charge in [-0.1, -0.05) is 30.0 Å². The Morgan fingerprint density at radius 3 is 2.89 bits per heavy atom. The Morgan fingerprint density at radius 2 is 2.11 bits per heavy atom. The van der Waals surface area contributed by atoms with Gasteiger partial charge >= 0.3 is 0 Å². The number of hydrogen-bond acceptors (Lipinski definition) is 5. The molecular weight excluding hydrogens is 368 g/mol. The number of hydrogen-bond donors (Lipinski definition) is 1. The predicted octanol–water partition coefficient (Wildman–Crippen LogP) is 3.87. The van der Waals surface area contributed by atoms with Crippen LogP contribution >= 0.6 is 11.8 Å². The lowest BCUT2D eigenvalue weighted by molar-refractivity contribution is -0.0588. The highest BCUT2D eigenvalue weighted by atomic mass is 32.2. The highest BCUT2D eigenvalue weighted by molar-refractivity contribution is 8.13. The highest BCUT2D eigenvalue weighted by Gasteiger charge is 2.49. The van der Waals surface area contributed by atoms with Gasteiger partial charge in [-0.05, 0) is 30.2 Å². The largest absolute Gasteiger partial charge is 0.379 e. The summed E-state index contributed by atoms with van der Waals surface area (Å²) in [4.78, 5) is 4.58. The first kappa shape index (κ1) is 18.0. The summed E-state index contributed by atoms with van der Waals surface area (Å²) in [7, 11) is 0. The Morgan fingerprint density at radius 1 is 1.26 bits per heavy atom. The van der Waals surface area contributed by atoms with E-state index in [1.165, 1.54) is 23.9 Å². The summed E-state index contributed by atoms with van der Waals surface area (Å²) < 4.78 is 34.1. The molecule has 0 aromatic heterocycles. The van der Waals surface area contributed by atoms with E-state index in [0.29, 0.717) is 28.5 Å². The topological polar surface area (TPSA) is 71.4 Å². The zero-order valence-corrected chi connectivity index (χ0v) is 15.2. The van der Waals surface area contributed by atoms with Crippen molar-refractivity contribution in [2.24, 2.45) is 16.6 Å². The van der Waals surface area contributed by atoms with E-state index in [2.05, 4.69) is 11.1 Å². The number of fused-ring (bicyclic) bond motifs is 1. The molecule has 1 fully saturated rings. The number of amidine groups is 1. The van der Waals surface area contributed by atoms with E-state index >= 15 is 0 Å². The SMILES string of the molecule is N#Cc1cccc([C@H]2C[C@H]3CSC(N)=N[C@@]3(c3ccc(F)cc3F)CO2)c1. The minimum atomic E-state index is -0.962. The van der Waals surface area contributed by atoms with Crippen LogP contribution in [-0.2, 0) is 10.3 Å². The Bertz CT molecular complexity index is 958. The van der Waals surface area contributed by atoms with Gasteiger partial charge in [0.05, 0.1) is 24.3 Å². The van der Waals surface area contributed by atoms with Gasteiger partial charge in [0.15, 0.2) is 5.17 Å². The van der Waals surface area contributed by atoms with Crippen LogP contribution in [0.3, 0.4) is 0 Å². The molecule has 1 saturated heterocycles. The molecular formula is C20H17F2N3OS. The van der Waals surface area contributed by atoms with E-state index in [-0.39, 0.29) is 18.6 Å². The number of ether oxygens (including phenoxy) is 1. The summed E-state index contributed by atoms with van der Waals surface area (Å²) in [5, 5.41) is 9.50. The molecule has 0 amide bonds. The summed E-state index contributed by atoms with van der Waals surface area (Å²) in [6.07, 6.45) is 0.394. The smallest absolute Gasteiger partial charge is 0.154 e. The molecule has 0 radical (unpaired) electrons. The molecule has 138 valence electrons. The van der Waals surface area contributed by atoms with Crippen molar-refractivity contribution in [3.05, 3.63) is 70.8 Å². The fourth-order valence-corrected chi connectivity index (χ4v) is 4.86. The van der Waals surface area contributed by atoms with Crippen LogP contribution in [0.2, 0.25) is 0 Å². The third-order valence-corrected chi connectivity index (χ3v) is 6.16. The summed E-state index contributed by atoms with van der Waals surface area (Å²) >= 11 is 1.43. The third-order valence-electron chi connectivity index (χ3n) is 5.21. The minimum Gasteiger partial charge on any atom is -0.379 e. The number of nitrogens with two attached hydrogens (primary N) is 1. The second-order valence-corrected chi connectivity index (χ2v) is 7.82. The quantitative estimate of drug-likeness (QED) is 0.852. The van der Waals surface area contributed by atoms with Gasteiger partial charge in [-0.3, -0.25) is 0 Å². The first-order chi connectivity index (χ1) is 13.0. The van der Waals surface area contributed by atoms with Crippen molar-refractivity contribution in [3.8, 4) is 6.07 Å². The van der Waals surface area contributed by atoms with Crippen molar-refractivity contribution in [2.45, 2.75) is 18.1 Å². The first-order valence-electron chi connectivity index (χ1n) is 8.57. The molecule has 2 N–H and O–H groups in total. The van der Waals surface area contributed by atoms with Crippen LogP contribution in [0.4, 0.5) is 8.78 Å². The average Bonchev–Trinajstić information content (AvgIpc) is 2.67. The van der Waals surface area contributed by atoms with Gasteiger partial charge < -0.3 is 10.5 Å². The molecule has 2 aromatic rings. The summed E-state index contributed by atoms with van der Waals surface area (Å²) in [5.74, 6) is -0.630. The number of rotatable bonds is 2. The van der Waals surface area contributed by atoms with E-state index in [1.807, 2.05) is 18.2 Å². The fraction of sp³-hybridized carbons (Fsp3) is 0.300. The number of aliphatic imine (C=N–C) groups is 1. The average molecular weight is 385 g/mol. The molecule has 4 nitrogen and oxygen atoms in total. The molecule has 7 heteroatoms. The van der Waals surface area contributed by atoms with Crippen LogP contribution in [-0.4, -0.2) is 17.5 Å². The van der Waals surface area contributed by atoms with Crippen LogP contribution in [0, 0.1) is 28.9 Å². The molecule has 0 unspecified atom stereocenters. The number of nitriles is 1. The third kappa shape index (κ3) is 3.20. The molecule has 27 heavy (non-hydrogen) atoms. The molecule has 0 saturated carbocycles. The van der Waals surface area contributed by atoms with Gasteiger partial charge in [0.1, 0.15) is 17.2 Å². The Labute approximate surface area is 160 Å². The zero-order chi connectivity index (χ0) is 19.0. The van der Waals surface area contributed by atoms with E-state index < -0.39 is 17.2 Å². The fourth-order valence-electron chi connectivity index (χ4n) is 3.85. The molecule has 0 bridgehead atoms. The zero-order valence-electron chi connectivity index (χ0n) is 14.4. The van der Waals surface area contributed by atoms with Gasteiger partial charge in [-0.25, -0.2) is 13.8 Å². The van der Waals surface area contributed by atoms with Crippen molar-refractivity contribution in [1.82, 2.24) is 0 Å². The second kappa shape index (κ2) is 6.95. The van der Waals surface area contributed by atoms with Crippen LogP contribution in [0.25, 0.3) is 0 Å². The highest BCUT2D eigenvalue weighted by Crippen LogP contribution is 2.49. The van der Waals surface area contributed by atoms with E-state index in [0.717, 1.165) is 11.6 Å². The molecule has 2 aliphatic rings. The number of nitrogens with zero attached hydrogens (tertiary/aromatic N) is 2. The van der Waals surface area contributed by atoms with Crippen LogP contribution in [0.15, 0.2) is 47.5 Å². The summed E-state index contributed by atoms with van der Waals surface area (Å²) in [5.41, 5.74) is 6.78. The van der Waals surface area contributed by atoms with Gasteiger partial charge in [-0.2, -0.15) is 5.26 Å². The maximum absolute atomic E-state index is 14.6. The van der Waals surface area contributed by atoms with Gasteiger partial charge in [0, 0.05) is 23.3 Å². The van der Waals surface area contributed by atoms with Crippen molar-refractivity contribution < 1.29 is 13.5 Å². The normalized spacial score (nSPS) is 27.4. The van der Waals surface area contributed by atoms with E-state index in [9.17, 15) is 8.78 Å². The second-order valence-electron chi connectivity index (χ2n) is 6.78. The predicted molar refractivity (Wildman–Crippen MR) is 100 cm³/mol. The van der Waals surface area contributed by atoms with E-state index in [1.54, 1.807) is 6.07 Å². The Hall–Kier alpha value is -2.43. The number of thioether (sulfide) groups is 1. The molecule has 2 aliphatic heterocycles. The van der Waals surface area contributed by atoms with Crippen molar-refractivity contribution in [1.29, 1.82) is 5.26 Å².